The number of carbonyl (C=O) groups is 1. The van der Waals surface area contributed by atoms with Gasteiger partial charge in [-0.25, -0.2) is 9.18 Å². The SMILES string of the molecule is O=C(O)c1ccc(CSc2c(Cl)ccc3c2CCCCC3)cc1F. The lowest BCUT2D eigenvalue weighted by atomic mass is 10.0. The molecule has 0 saturated carbocycles. The Hall–Kier alpha value is -1.52. The summed E-state index contributed by atoms with van der Waals surface area (Å²) in [5.74, 6) is -1.38. The predicted molar refractivity (Wildman–Crippen MR) is 95.6 cm³/mol. The van der Waals surface area contributed by atoms with E-state index in [1.165, 1.54) is 42.5 Å². The average molecular weight is 365 g/mol. The summed E-state index contributed by atoms with van der Waals surface area (Å²) in [6.07, 6.45) is 5.73. The van der Waals surface area contributed by atoms with Crippen molar-refractivity contribution >= 4 is 29.3 Å². The molecular weight excluding hydrogens is 347 g/mol. The van der Waals surface area contributed by atoms with E-state index in [4.69, 9.17) is 16.7 Å². The second kappa shape index (κ2) is 7.58. The zero-order chi connectivity index (χ0) is 17.1. The molecule has 1 N–H and O–H groups in total. The number of carboxylic acid groups (broad SMARTS) is 1. The fraction of sp³-hybridized carbons (Fsp3) is 0.316. The molecule has 0 bridgehead atoms. The van der Waals surface area contributed by atoms with Crippen LogP contribution in [0.2, 0.25) is 5.02 Å². The van der Waals surface area contributed by atoms with Gasteiger partial charge in [-0.15, -0.1) is 11.8 Å². The Morgan fingerprint density at radius 3 is 2.71 bits per heavy atom. The Labute approximate surface area is 150 Å². The summed E-state index contributed by atoms with van der Waals surface area (Å²) in [6, 6.07) is 8.35. The van der Waals surface area contributed by atoms with Crippen LogP contribution in [0.5, 0.6) is 0 Å². The largest absolute Gasteiger partial charge is 0.478 e. The van der Waals surface area contributed by atoms with E-state index in [1.807, 2.05) is 6.07 Å². The number of hydrogen-bond donors (Lipinski definition) is 1. The van der Waals surface area contributed by atoms with E-state index in [2.05, 4.69) is 6.07 Å². The first-order chi connectivity index (χ1) is 11.6. The zero-order valence-electron chi connectivity index (χ0n) is 13.1. The Morgan fingerprint density at radius 2 is 1.96 bits per heavy atom. The van der Waals surface area contributed by atoms with Gasteiger partial charge in [-0.1, -0.05) is 30.2 Å². The number of benzene rings is 2. The Balaban J connectivity index is 1.82. The van der Waals surface area contributed by atoms with Crippen molar-refractivity contribution in [2.75, 3.05) is 0 Å². The van der Waals surface area contributed by atoms with Crippen molar-refractivity contribution in [3.05, 3.63) is 63.4 Å². The van der Waals surface area contributed by atoms with Crippen LogP contribution in [0.15, 0.2) is 35.2 Å². The van der Waals surface area contributed by atoms with Crippen LogP contribution in [0.4, 0.5) is 4.39 Å². The minimum absolute atomic E-state index is 0.296. The number of halogens is 2. The molecule has 1 aliphatic rings. The average Bonchev–Trinajstić information content (AvgIpc) is 2.79. The maximum atomic E-state index is 13.8. The molecule has 0 radical (unpaired) electrons. The number of carboxylic acids is 1. The summed E-state index contributed by atoms with van der Waals surface area (Å²) >= 11 is 8.01. The number of hydrogen-bond acceptors (Lipinski definition) is 2. The molecule has 0 spiro atoms. The van der Waals surface area contributed by atoms with Gasteiger partial charge < -0.3 is 5.11 Å². The van der Waals surface area contributed by atoms with Crippen molar-refractivity contribution in [1.29, 1.82) is 0 Å². The molecule has 0 amide bonds. The van der Waals surface area contributed by atoms with Crippen molar-refractivity contribution in [3.8, 4) is 0 Å². The van der Waals surface area contributed by atoms with Gasteiger partial charge in [0.15, 0.2) is 0 Å². The Morgan fingerprint density at radius 1 is 1.17 bits per heavy atom. The lowest BCUT2D eigenvalue weighted by Crippen LogP contribution is -2.01. The Kier molecular flexibility index (Phi) is 5.47. The highest BCUT2D eigenvalue weighted by molar-refractivity contribution is 7.98. The minimum atomic E-state index is -1.25. The van der Waals surface area contributed by atoms with Gasteiger partial charge in [-0.2, -0.15) is 0 Å². The Bertz CT molecular complexity index is 776. The van der Waals surface area contributed by atoms with Crippen LogP contribution in [-0.2, 0) is 18.6 Å². The molecule has 24 heavy (non-hydrogen) atoms. The molecule has 0 unspecified atom stereocenters. The summed E-state index contributed by atoms with van der Waals surface area (Å²) in [4.78, 5) is 12.0. The highest BCUT2D eigenvalue weighted by Gasteiger charge is 2.16. The molecule has 0 atom stereocenters. The van der Waals surface area contributed by atoms with Gasteiger partial charge in [0.2, 0.25) is 0 Å². The first kappa shape index (κ1) is 17.3. The molecule has 0 aromatic heterocycles. The molecule has 2 aromatic carbocycles. The summed E-state index contributed by atoms with van der Waals surface area (Å²) in [5.41, 5.74) is 3.15. The molecule has 126 valence electrons. The van der Waals surface area contributed by atoms with E-state index in [-0.39, 0.29) is 5.56 Å². The van der Waals surface area contributed by atoms with E-state index < -0.39 is 11.8 Å². The van der Waals surface area contributed by atoms with Crippen molar-refractivity contribution in [2.45, 2.75) is 42.8 Å². The first-order valence-electron chi connectivity index (χ1n) is 8.01. The molecule has 0 aliphatic heterocycles. The van der Waals surface area contributed by atoms with Gasteiger partial charge in [-0.05, 0) is 60.6 Å². The number of fused-ring (bicyclic) bond motifs is 1. The zero-order valence-corrected chi connectivity index (χ0v) is 14.7. The predicted octanol–water partition coefficient (Wildman–Crippen LogP) is 5.74. The smallest absolute Gasteiger partial charge is 0.338 e. The maximum absolute atomic E-state index is 13.8. The molecule has 1 aliphatic carbocycles. The normalized spacial score (nSPS) is 14.1. The molecular formula is C19H18ClFO2S. The third kappa shape index (κ3) is 3.76. The van der Waals surface area contributed by atoms with Crippen LogP contribution >= 0.6 is 23.4 Å². The van der Waals surface area contributed by atoms with Crippen LogP contribution in [0.25, 0.3) is 0 Å². The standard InChI is InChI=1S/C19H18ClFO2S/c20-16-9-7-13-4-2-1-3-5-14(13)18(16)24-11-12-6-8-15(19(22)23)17(21)10-12/h6-10H,1-5,11H2,(H,22,23). The summed E-state index contributed by atoms with van der Waals surface area (Å²) in [6.45, 7) is 0. The monoisotopic (exact) mass is 364 g/mol. The number of thioether (sulfide) groups is 1. The molecule has 2 nitrogen and oxygen atoms in total. The lowest BCUT2D eigenvalue weighted by Gasteiger charge is -2.14. The lowest BCUT2D eigenvalue weighted by molar-refractivity contribution is 0.0692. The van der Waals surface area contributed by atoms with Crippen LogP contribution < -0.4 is 0 Å². The van der Waals surface area contributed by atoms with Crippen LogP contribution in [0, 0.1) is 5.82 Å². The molecule has 0 saturated heterocycles. The van der Waals surface area contributed by atoms with Crippen molar-refractivity contribution in [2.24, 2.45) is 0 Å². The summed E-state index contributed by atoms with van der Waals surface area (Å²) in [7, 11) is 0. The fourth-order valence-electron chi connectivity index (χ4n) is 3.08. The third-order valence-electron chi connectivity index (χ3n) is 4.33. The van der Waals surface area contributed by atoms with Gasteiger partial charge in [0.25, 0.3) is 0 Å². The van der Waals surface area contributed by atoms with E-state index in [9.17, 15) is 9.18 Å². The van der Waals surface area contributed by atoms with E-state index >= 15 is 0 Å². The second-order valence-electron chi connectivity index (χ2n) is 5.98. The van der Waals surface area contributed by atoms with Crippen molar-refractivity contribution < 1.29 is 14.3 Å². The molecule has 3 rings (SSSR count). The molecule has 5 heteroatoms. The quantitative estimate of drug-likeness (QED) is 0.555. The van der Waals surface area contributed by atoms with Crippen LogP contribution in [0.1, 0.15) is 46.3 Å². The summed E-state index contributed by atoms with van der Waals surface area (Å²) in [5, 5.41) is 9.64. The minimum Gasteiger partial charge on any atom is -0.478 e. The molecule has 2 aromatic rings. The van der Waals surface area contributed by atoms with E-state index in [1.54, 1.807) is 17.8 Å². The van der Waals surface area contributed by atoms with Gasteiger partial charge in [0.1, 0.15) is 5.82 Å². The topological polar surface area (TPSA) is 37.3 Å². The molecule has 0 fully saturated rings. The third-order valence-corrected chi connectivity index (χ3v) is 5.99. The van der Waals surface area contributed by atoms with Gasteiger partial charge in [0.05, 0.1) is 10.6 Å². The molecule has 0 heterocycles. The first-order valence-corrected chi connectivity index (χ1v) is 9.37. The van der Waals surface area contributed by atoms with Gasteiger partial charge >= 0.3 is 5.97 Å². The summed E-state index contributed by atoms with van der Waals surface area (Å²) < 4.78 is 13.8. The highest BCUT2D eigenvalue weighted by atomic mass is 35.5. The van der Waals surface area contributed by atoms with Crippen molar-refractivity contribution in [1.82, 2.24) is 0 Å². The highest BCUT2D eigenvalue weighted by Crippen LogP contribution is 2.37. The number of aromatic carboxylic acids is 1. The van der Waals surface area contributed by atoms with Crippen LogP contribution in [-0.4, -0.2) is 11.1 Å². The van der Waals surface area contributed by atoms with Crippen LogP contribution in [0.3, 0.4) is 0 Å². The second-order valence-corrected chi connectivity index (χ2v) is 7.38. The van der Waals surface area contributed by atoms with E-state index in [0.29, 0.717) is 5.75 Å². The fourth-order valence-corrected chi connectivity index (χ4v) is 4.52. The van der Waals surface area contributed by atoms with E-state index in [0.717, 1.165) is 28.3 Å². The number of rotatable bonds is 4. The number of aryl methyl sites for hydroxylation is 1. The van der Waals surface area contributed by atoms with Gasteiger partial charge in [-0.3, -0.25) is 0 Å². The van der Waals surface area contributed by atoms with Gasteiger partial charge in [0, 0.05) is 10.6 Å². The maximum Gasteiger partial charge on any atom is 0.338 e. The van der Waals surface area contributed by atoms with Crippen molar-refractivity contribution in [3.63, 3.8) is 0 Å².